The molecule has 0 aliphatic carbocycles. The zero-order valence-corrected chi connectivity index (χ0v) is 10.7. The lowest BCUT2D eigenvalue weighted by Gasteiger charge is -2.35. The number of nitriles is 1. The molecule has 0 saturated carbocycles. The van der Waals surface area contributed by atoms with Gasteiger partial charge in [-0.3, -0.25) is 0 Å². The summed E-state index contributed by atoms with van der Waals surface area (Å²) in [4.78, 5) is 2.13. The van der Waals surface area contributed by atoms with Gasteiger partial charge in [-0.15, -0.1) is 0 Å². The van der Waals surface area contributed by atoms with E-state index in [1.54, 1.807) is 0 Å². The van der Waals surface area contributed by atoms with Crippen LogP contribution in [0.25, 0.3) is 0 Å². The molecule has 0 radical (unpaired) electrons. The van der Waals surface area contributed by atoms with E-state index in [1.807, 2.05) is 13.8 Å². The molecule has 2 rings (SSSR count). The van der Waals surface area contributed by atoms with Crippen LogP contribution in [0.1, 0.15) is 19.4 Å². The molecule has 1 saturated heterocycles. The van der Waals surface area contributed by atoms with Crippen LogP contribution >= 0.6 is 23.1 Å². The van der Waals surface area contributed by atoms with Crippen LogP contribution in [0.2, 0.25) is 5.15 Å². The van der Waals surface area contributed by atoms with E-state index in [4.69, 9.17) is 21.6 Å². The predicted molar refractivity (Wildman–Crippen MR) is 64.1 cm³/mol. The van der Waals surface area contributed by atoms with E-state index in [2.05, 4.69) is 15.3 Å². The molecule has 0 spiro atoms. The third-order valence-corrected chi connectivity index (χ3v) is 3.73. The zero-order chi connectivity index (χ0) is 11.7. The second-order valence-corrected chi connectivity index (χ2v) is 5.04. The highest BCUT2D eigenvalue weighted by Gasteiger charge is 2.26. The maximum atomic E-state index is 9.02. The van der Waals surface area contributed by atoms with Crippen LogP contribution in [0.4, 0.5) is 5.00 Å². The SMILES string of the molecule is C[C@@H]1CN(c2snc(Cl)c2C#N)C[C@@H](C)O1. The summed E-state index contributed by atoms with van der Waals surface area (Å²) in [6, 6.07) is 2.10. The molecule has 6 heteroatoms. The van der Waals surface area contributed by atoms with E-state index in [-0.39, 0.29) is 12.2 Å². The van der Waals surface area contributed by atoms with Gasteiger partial charge in [0.25, 0.3) is 0 Å². The van der Waals surface area contributed by atoms with Gasteiger partial charge >= 0.3 is 0 Å². The molecule has 4 nitrogen and oxygen atoms in total. The van der Waals surface area contributed by atoms with Crippen molar-refractivity contribution in [1.29, 1.82) is 5.26 Å². The van der Waals surface area contributed by atoms with Crippen molar-refractivity contribution in [2.75, 3.05) is 18.0 Å². The first kappa shape index (κ1) is 11.6. The van der Waals surface area contributed by atoms with Gasteiger partial charge in [-0.05, 0) is 25.4 Å². The number of halogens is 1. The molecule has 0 bridgehead atoms. The Labute approximate surface area is 104 Å². The van der Waals surface area contributed by atoms with Gasteiger partial charge in [0, 0.05) is 13.1 Å². The molecule has 2 atom stereocenters. The molecule has 0 amide bonds. The fraction of sp³-hybridized carbons (Fsp3) is 0.600. The monoisotopic (exact) mass is 257 g/mol. The second-order valence-electron chi connectivity index (χ2n) is 3.93. The summed E-state index contributed by atoms with van der Waals surface area (Å²) >= 11 is 7.13. The van der Waals surface area contributed by atoms with Crippen LogP contribution in [-0.2, 0) is 4.74 Å². The lowest BCUT2D eigenvalue weighted by atomic mass is 10.2. The molecule has 1 aliphatic heterocycles. The first-order valence-corrected chi connectivity index (χ1v) is 6.22. The number of ether oxygens (including phenoxy) is 1. The van der Waals surface area contributed by atoms with Crippen LogP contribution in [-0.4, -0.2) is 29.7 Å². The number of hydrogen-bond acceptors (Lipinski definition) is 5. The minimum Gasteiger partial charge on any atom is -0.372 e. The quantitative estimate of drug-likeness (QED) is 0.775. The predicted octanol–water partition coefficient (Wildman–Crippen LogP) is 2.28. The Morgan fingerprint density at radius 2 is 2.12 bits per heavy atom. The van der Waals surface area contributed by atoms with Gasteiger partial charge in [0.2, 0.25) is 0 Å². The number of aromatic nitrogens is 1. The lowest BCUT2D eigenvalue weighted by molar-refractivity contribution is -0.00501. The molecule has 0 aromatic carbocycles. The van der Waals surface area contributed by atoms with E-state index in [0.29, 0.717) is 10.7 Å². The molecule has 0 N–H and O–H groups in total. The molecule has 2 heterocycles. The number of rotatable bonds is 1. The Morgan fingerprint density at radius 1 is 1.50 bits per heavy atom. The van der Waals surface area contributed by atoms with Gasteiger partial charge in [-0.2, -0.15) is 9.64 Å². The maximum absolute atomic E-state index is 9.02. The van der Waals surface area contributed by atoms with Crippen molar-refractivity contribution in [3.8, 4) is 6.07 Å². The minimum atomic E-state index is 0.163. The van der Waals surface area contributed by atoms with Gasteiger partial charge in [0.05, 0.1) is 12.2 Å². The Bertz CT molecular complexity index is 418. The van der Waals surface area contributed by atoms with E-state index >= 15 is 0 Å². The van der Waals surface area contributed by atoms with Gasteiger partial charge in [0.1, 0.15) is 16.6 Å². The van der Waals surface area contributed by atoms with Gasteiger partial charge in [-0.1, -0.05) is 11.6 Å². The summed E-state index contributed by atoms with van der Waals surface area (Å²) in [5.41, 5.74) is 0.480. The highest BCUT2D eigenvalue weighted by Crippen LogP contribution is 2.32. The van der Waals surface area contributed by atoms with E-state index in [0.717, 1.165) is 18.1 Å². The fourth-order valence-electron chi connectivity index (χ4n) is 1.92. The summed E-state index contributed by atoms with van der Waals surface area (Å²) in [5, 5.41) is 10.2. The van der Waals surface area contributed by atoms with Crippen LogP contribution in [0, 0.1) is 11.3 Å². The Balaban J connectivity index is 2.27. The molecule has 1 fully saturated rings. The van der Waals surface area contributed by atoms with Crippen LogP contribution in [0.15, 0.2) is 0 Å². The van der Waals surface area contributed by atoms with Gasteiger partial charge in [-0.25, -0.2) is 0 Å². The summed E-state index contributed by atoms with van der Waals surface area (Å²) < 4.78 is 9.66. The zero-order valence-electron chi connectivity index (χ0n) is 9.11. The van der Waals surface area contributed by atoms with Crippen LogP contribution in [0.3, 0.4) is 0 Å². The summed E-state index contributed by atoms with van der Waals surface area (Å²) in [6.45, 7) is 5.60. The molecule has 16 heavy (non-hydrogen) atoms. The van der Waals surface area contributed by atoms with Crippen molar-refractivity contribution in [1.82, 2.24) is 4.37 Å². The summed E-state index contributed by atoms with van der Waals surface area (Å²) in [7, 11) is 0. The Morgan fingerprint density at radius 3 is 2.69 bits per heavy atom. The van der Waals surface area contributed by atoms with Gasteiger partial charge < -0.3 is 9.64 Å². The van der Waals surface area contributed by atoms with Crippen molar-refractivity contribution >= 4 is 28.1 Å². The second kappa shape index (κ2) is 4.58. The number of hydrogen-bond donors (Lipinski definition) is 0. The number of anilines is 1. The fourth-order valence-corrected chi connectivity index (χ4v) is 2.96. The third kappa shape index (κ3) is 2.14. The summed E-state index contributed by atoms with van der Waals surface area (Å²) in [6.07, 6.45) is 0.326. The molecular weight excluding hydrogens is 246 g/mol. The molecule has 86 valence electrons. The normalized spacial score (nSPS) is 25.5. The summed E-state index contributed by atoms with van der Waals surface area (Å²) in [5.74, 6) is 0. The largest absolute Gasteiger partial charge is 0.372 e. The van der Waals surface area contributed by atoms with E-state index in [1.165, 1.54) is 11.5 Å². The van der Waals surface area contributed by atoms with Crippen molar-refractivity contribution in [3.63, 3.8) is 0 Å². The first-order chi connectivity index (χ1) is 7.61. The van der Waals surface area contributed by atoms with Gasteiger partial charge in [0.15, 0.2) is 5.15 Å². The van der Waals surface area contributed by atoms with Crippen molar-refractivity contribution in [2.24, 2.45) is 0 Å². The smallest absolute Gasteiger partial charge is 0.162 e. The Kier molecular flexibility index (Phi) is 3.33. The number of nitrogens with zero attached hydrogens (tertiary/aromatic N) is 3. The van der Waals surface area contributed by atoms with Crippen molar-refractivity contribution < 1.29 is 4.74 Å². The van der Waals surface area contributed by atoms with Crippen LogP contribution < -0.4 is 4.90 Å². The standard InChI is InChI=1S/C10H12ClN3OS/c1-6-4-14(5-7(2)15-6)10-8(3-12)9(11)13-16-10/h6-7H,4-5H2,1-2H3/t6-,7-/m1/s1. The number of morpholine rings is 1. The average molecular weight is 258 g/mol. The average Bonchev–Trinajstić information content (AvgIpc) is 2.58. The van der Waals surface area contributed by atoms with Crippen molar-refractivity contribution in [2.45, 2.75) is 26.1 Å². The topological polar surface area (TPSA) is 49.2 Å². The highest BCUT2D eigenvalue weighted by molar-refractivity contribution is 7.10. The lowest BCUT2D eigenvalue weighted by Crippen LogP contribution is -2.45. The van der Waals surface area contributed by atoms with E-state index in [9.17, 15) is 0 Å². The Hall–Kier alpha value is -0.830. The third-order valence-electron chi connectivity index (χ3n) is 2.45. The van der Waals surface area contributed by atoms with E-state index < -0.39 is 0 Å². The maximum Gasteiger partial charge on any atom is 0.162 e. The highest BCUT2D eigenvalue weighted by atomic mass is 35.5. The van der Waals surface area contributed by atoms with Crippen molar-refractivity contribution in [3.05, 3.63) is 10.7 Å². The molecule has 0 unspecified atom stereocenters. The molecular formula is C10H12ClN3OS. The molecule has 1 aliphatic rings. The first-order valence-electron chi connectivity index (χ1n) is 5.07. The molecule has 1 aromatic heterocycles. The van der Waals surface area contributed by atoms with Crippen LogP contribution in [0.5, 0.6) is 0 Å². The minimum absolute atomic E-state index is 0.163. The molecule has 1 aromatic rings.